The van der Waals surface area contributed by atoms with Crippen LogP contribution in [0.25, 0.3) is 0 Å². The van der Waals surface area contributed by atoms with Gasteiger partial charge in [-0.1, -0.05) is 24.5 Å². The zero-order valence-corrected chi connectivity index (χ0v) is 16.9. The standard InChI is InChI=1S/C20H30O2S2/c1-18-8-4-9-19(2,17(21)22-3)16(18)6-5-14-13-20(10-7-15(14)18)23-11-12-24-20/h16H,4-13H2,1-3H3/t16-,18-,19+/m1/s1. The Morgan fingerprint density at radius 1 is 1.12 bits per heavy atom. The van der Waals surface area contributed by atoms with Crippen LogP contribution in [0.3, 0.4) is 0 Å². The second kappa shape index (κ2) is 5.97. The van der Waals surface area contributed by atoms with E-state index in [1.807, 2.05) is 0 Å². The van der Waals surface area contributed by atoms with E-state index in [-0.39, 0.29) is 16.8 Å². The highest BCUT2D eigenvalue weighted by atomic mass is 32.2. The number of fused-ring (bicyclic) bond motifs is 2. The van der Waals surface area contributed by atoms with Crippen LogP contribution in [-0.2, 0) is 9.53 Å². The summed E-state index contributed by atoms with van der Waals surface area (Å²) in [4.78, 5) is 12.6. The van der Waals surface area contributed by atoms with Crippen LogP contribution in [0.2, 0.25) is 0 Å². The normalized spacial score (nSPS) is 41.0. The molecule has 4 heteroatoms. The fourth-order valence-corrected chi connectivity index (χ4v) is 9.64. The minimum Gasteiger partial charge on any atom is -0.469 e. The van der Waals surface area contributed by atoms with Crippen molar-refractivity contribution in [1.29, 1.82) is 0 Å². The number of hydrogen-bond donors (Lipinski definition) is 0. The average molecular weight is 367 g/mol. The van der Waals surface area contributed by atoms with Gasteiger partial charge in [0.25, 0.3) is 0 Å². The minimum atomic E-state index is -0.285. The van der Waals surface area contributed by atoms with Crippen molar-refractivity contribution in [2.24, 2.45) is 16.7 Å². The number of carbonyl (C=O) groups excluding carboxylic acids is 1. The van der Waals surface area contributed by atoms with Gasteiger partial charge in [-0.05, 0) is 63.2 Å². The van der Waals surface area contributed by atoms with Gasteiger partial charge in [0.2, 0.25) is 0 Å². The first kappa shape index (κ1) is 17.3. The van der Waals surface area contributed by atoms with Gasteiger partial charge >= 0.3 is 5.97 Å². The van der Waals surface area contributed by atoms with Crippen molar-refractivity contribution >= 4 is 29.5 Å². The molecule has 2 nitrogen and oxygen atoms in total. The molecule has 0 aromatic carbocycles. The summed E-state index contributed by atoms with van der Waals surface area (Å²) in [5.74, 6) is 3.14. The second-order valence-corrected chi connectivity index (χ2v) is 11.9. The fourth-order valence-electron chi connectivity index (χ4n) is 6.35. The van der Waals surface area contributed by atoms with Crippen molar-refractivity contribution in [3.63, 3.8) is 0 Å². The first-order chi connectivity index (χ1) is 11.4. The predicted molar refractivity (Wildman–Crippen MR) is 103 cm³/mol. The molecule has 1 saturated carbocycles. The quantitative estimate of drug-likeness (QED) is 0.457. The molecule has 4 rings (SSSR count). The molecule has 134 valence electrons. The Labute approximate surface area is 154 Å². The smallest absolute Gasteiger partial charge is 0.311 e. The van der Waals surface area contributed by atoms with Crippen LogP contribution in [0.5, 0.6) is 0 Å². The Morgan fingerprint density at radius 2 is 1.88 bits per heavy atom. The van der Waals surface area contributed by atoms with E-state index < -0.39 is 0 Å². The average Bonchev–Trinajstić information content (AvgIpc) is 3.01. The molecule has 4 aliphatic rings. The molecule has 0 amide bonds. The number of thioether (sulfide) groups is 2. The molecule has 3 aliphatic carbocycles. The predicted octanol–water partition coefficient (Wildman–Crippen LogP) is 5.42. The van der Waals surface area contributed by atoms with Gasteiger partial charge in [0, 0.05) is 11.5 Å². The maximum atomic E-state index is 12.6. The lowest BCUT2D eigenvalue weighted by Gasteiger charge is -2.56. The summed E-state index contributed by atoms with van der Waals surface area (Å²) in [5, 5.41) is 0. The molecule has 24 heavy (non-hydrogen) atoms. The third-order valence-corrected chi connectivity index (χ3v) is 11.0. The molecular weight excluding hydrogens is 336 g/mol. The molecular formula is C20H30O2S2. The topological polar surface area (TPSA) is 26.3 Å². The number of allylic oxidation sites excluding steroid dienone is 2. The number of ether oxygens (including phenoxy) is 1. The van der Waals surface area contributed by atoms with Crippen LogP contribution >= 0.6 is 23.5 Å². The van der Waals surface area contributed by atoms with Gasteiger partial charge in [0.1, 0.15) is 0 Å². The van der Waals surface area contributed by atoms with Crippen molar-refractivity contribution < 1.29 is 9.53 Å². The van der Waals surface area contributed by atoms with E-state index in [1.54, 1.807) is 18.3 Å². The molecule has 3 atom stereocenters. The third kappa shape index (κ3) is 2.42. The maximum absolute atomic E-state index is 12.6. The Morgan fingerprint density at radius 3 is 2.58 bits per heavy atom. The van der Waals surface area contributed by atoms with Gasteiger partial charge in [-0.25, -0.2) is 0 Å². The SMILES string of the molecule is COC(=O)[C@@]1(C)CCC[C@]2(C)C3=C(CC[C@@H]12)CC1(CC3)SCCS1. The van der Waals surface area contributed by atoms with Crippen LogP contribution in [-0.4, -0.2) is 28.7 Å². The van der Waals surface area contributed by atoms with Crippen molar-refractivity contribution in [2.75, 3.05) is 18.6 Å². The minimum absolute atomic E-state index is 0.0247. The molecule has 0 aromatic heterocycles. The van der Waals surface area contributed by atoms with Crippen LogP contribution < -0.4 is 0 Å². The Hall–Kier alpha value is -0.0900. The molecule has 0 bridgehead atoms. The highest BCUT2D eigenvalue weighted by Crippen LogP contribution is 2.65. The lowest BCUT2D eigenvalue weighted by atomic mass is 9.48. The lowest BCUT2D eigenvalue weighted by Crippen LogP contribution is -2.51. The monoisotopic (exact) mass is 366 g/mol. The van der Waals surface area contributed by atoms with Crippen molar-refractivity contribution in [2.45, 2.75) is 69.3 Å². The van der Waals surface area contributed by atoms with E-state index in [0.717, 1.165) is 12.8 Å². The van der Waals surface area contributed by atoms with Crippen molar-refractivity contribution in [3.05, 3.63) is 11.1 Å². The summed E-state index contributed by atoms with van der Waals surface area (Å²) in [5.41, 5.74) is 3.44. The number of methoxy groups -OCH3 is 1. The summed E-state index contributed by atoms with van der Waals surface area (Å²) in [7, 11) is 1.56. The van der Waals surface area contributed by atoms with Crippen molar-refractivity contribution in [1.82, 2.24) is 0 Å². The summed E-state index contributed by atoms with van der Waals surface area (Å²) in [6.07, 6.45) is 9.70. The number of esters is 1. The first-order valence-corrected chi connectivity index (χ1v) is 11.5. The van der Waals surface area contributed by atoms with Crippen LogP contribution in [0.15, 0.2) is 11.1 Å². The van der Waals surface area contributed by atoms with Crippen molar-refractivity contribution in [3.8, 4) is 0 Å². The highest BCUT2D eigenvalue weighted by molar-refractivity contribution is 8.21. The number of carbonyl (C=O) groups is 1. The summed E-state index contributed by atoms with van der Waals surface area (Å²) in [6.45, 7) is 4.65. The largest absolute Gasteiger partial charge is 0.469 e. The first-order valence-electron chi connectivity index (χ1n) is 9.51. The fraction of sp³-hybridized carbons (Fsp3) is 0.850. The third-order valence-electron chi connectivity index (χ3n) is 7.49. The van der Waals surface area contributed by atoms with Gasteiger partial charge in [-0.3, -0.25) is 4.79 Å². The number of hydrogen-bond acceptors (Lipinski definition) is 4. The van der Waals surface area contributed by atoms with Crippen LogP contribution in [0.1, 0.15) is 65.2 Å². The van der Waals surface area contributed by atoms with E-state index in [0.29, 0.717) is 10.00 Å². The number of rotatable bonds is 1. The second-order valence-electron chi connectivity index (χ2n) is 8.64. The van der Waals surface area contributed by atoms with Gasteiger partial charge in [0.05, 0.1) is 16.6 Å². The Bertz CT molecular complexity index is 578. The van der Waals surface area contributed by atoms with E-state index in [2.05, 4.69) is 37.4 Å². The van der Waals surface area contributed by atoms with Gasteiger partial charge in [-0.15, -0.1) is 23.5 Å². The van der Waals surface area contributed by atoms with E-state index in [1.165, 1.54) is 50.0 Å². The zero-order valence-electron chi connectivity index (χ0n) is 15.3. The molecule has 1 saturated heterocycles. The molecule has 1 aliphatic heterocycles. The molecule has 0 unspecified atom stereocenters. The van der Waals surface area contributed by atoms with Gasteiger partial charge in [-0.2, -0.15) is 0 Å². The van der Waals surface area contributed by atoms with Crippen LogP contribution in [0.4, 0.5) is 0 Å². The summed E-state index contributed by atoms with van der Waals surface area (Å²) < 4.78 is 5.73. The highest BCUT2D eigenvalue weighted by Gasteiger charge is 2.57. The molecule has 0 radical (unpaired) electrons. The Balaban J connectivity index is 1.68. The molecule has 1 spiro atoms. The van der Waals surface area contributed by atoms with Gasteiger partial charge in [0.15, 0.2) is 0 Å². The summed E-state index contributed by atoms with van der Waals surface area (Å²) >= 11 is 4.43. The lowest BCUT2D eigenvalue weighted by molar-refractivity contribution is -0.163. The molecule has 0 aromatic rings. The zero-order chi connectivity index (χ0) is 17.0. The van der Waals surface area contributed by atoms with E-state index in [9.17, 15) is 4.79 Å². The summed E-state index contributed by atoms with van der Waals surface area (Å²) in [6, 6.07) is 0. The Kier molecular flexibility index (Phi) is 4.31. The van der Waals surface area contributed by atoms with E-state index in [4.69, 9.17) is 4.74 Å². The molecule has 2 fully saturated rings. The van der Waals surface area contributed by atoms with Crippen LogP contribution in [0, 0.1) is 16.7 Å². The van der Waals surface area contributed by atoms with E-state index >= 15 is 0 Å². The van der Waals surface area contributed by atoms with Gasteiger partial charge < -0.3 is 4.74 Å². The maximum Gasteiger partial charge on any atom is 0.311 e. The molecule has 1 heterocycles. The molecule has 0 N–H and O–H groups in total.